The van der Waals surface area contributed by atoms with E-state index >= 15 is 0 Å². The van der Waals surface area contributed by atoms with Crippen LogP contribution < -0.4 is 10.6 Å². The number of hydrogen-bond donors (Lipinski definition) is 3. The van der Waals surface area contributed by atoms with Crippen molar-refractivity contribution in [1.82, 2.24) is 5.32 Å². The number of aliphatic hydroxyl groups is 1. The monoisotopic (exact) mass is 326 g/mol. The van der Waals surface area contributed by atoms with Gasteiger partial charge in [-0.05, 0) is 35.9 Å². The fourth-order valence-electron chi connectivity index (χ4n) is 1.77. The Morgan fingerprint density at radius 1 is 1.18 bits per heavy atom. The van der Waals surface area contributed by atoms with E-state index in [9.17, 15) is 18.7 Å². The first-order valence-electron chi connectivity index (χ1n) is 6.39. The zero-order chi connectivity index (χ0) is 16.1. The van der Waals surface area contributed by atoms with Crippen LogP contribution in [0.25, 0.3) is 0 Å². The van der Waals surface area contributed by atoms with E-state index in [4.69, 9.17) is 11.6 Å². The molecule has 0 heterocycles. The van der Waals surface area contributed by atoms with Gasteiger partial charge < -0.3 is 15.7 Å². The van der Waals surface area contributed by atoms with Gasteiger partial charge in [0.2, 0.25) is 0 Å². The molecule has 2 amide bonds. The summed E-state index contributed by atoms with van der Waals surface area (Å²) in [4.78, 5) is 11.7. The Kier molecular flexibility index (Phi) is 5.30. The van der Waals surface area contributed by atoms with Crippen LogP contribution in [0.4, 0.5) is 19.3 Å². The van der Waals surface area contributed by atoms with E-state index in [0.29, 0.717) is 10.7 Å². The molecule has 1 atom stereocenters. The first kappa shape index (κ1) is 16.2. The largest absolute Gasteiger partial charge is 0.387 e. The summed E-state index contributed by atoms with van der Waals surface area (Å²) in [6.45, 7) is -0.155. The number of rotatable bonds is 4. The molecule has 0 aromatic heterocycles. The molecule has 0 spiro atoms. The standard InChI is InChI=1S/C15H13ClF2N2O2/c16-10-2-1-3-11(7-10)20-15(22)19-8-14(21)9-4-5-12(17)13(18)6-9/h1-7,14,21H,8H2,(H2,19,20,22). The maximum absolute atomic E-state index is 13.1. The molecule has 2 rings (SSSR count). The molecule has 0 saturated heterocycles. The van der Waals surface area contributed by atoms with E-state index in [2.05, 4.69) is 10.6 Å². The van der Waals surface area contributed by atoms with Crippen LogP contribution in [-0.2, 0) is 0 Å². The highest BCUT2D eigenvalue weighted by atomic mass is 35.5. The number of anilines is 1. The van der Waals surface area contributed by atoms with Crippen molar-refractivity contribution in [3.05, 3.63) is 64.7 Å². The average molecular weight is 327 g/mol. The molecule has 1 unspecified atom stereocenters. The average Bonchev–Trinajstić information content (AvgIpc) is 2.47. The van der Waals surface area contributed by atoms with Gasteiger partial charge in [0.25, 0.3) is 0 Å². The summed E-state index contributed by atoms with van der Waals surface area (Å²) in [6.07, 6.45) is -1.15. The molecule has 7 heteroatoms. The molecular weight excluding hydrogens is 314 g/mol. The number of amides is 2. The molecule has 0 aliphatic carbocycles. The molecule has 2 aromatic carbocycles. The minimum atomic E-state index is -1.15. The molecule has 0 bridgehead atoms. The number of hydrogen-bond acceptors (Lipinski definition) is 2. The lowest BCUT2D eigenvalue weighted by Gasteiger charge is -2.13. The lowest BCUT2D eigenvalue weighted by Crippen LogP contribution is -2.32. The van der Waals surface area contributed by atoms with Crippen molar-refractivity contribution in [2.75, 3.05) is 11.9 Å². The summed E-state index contributed by atoms with van der Waals surface area (Å²) >= 11 is 5.79. The highest BCUT2D eigenvalue weighted by Gasteiger charge is 2.12. The molecule has 3 N–H and O–H groups in total. The number of aliphatic hydroxyl groups excluding tert-OH is 1. The number of urea groups is 1. The van der Waals surface area contributed by atoms with Crippen LogP contribution in [0.2, 0.25) is 5.02 Å². The van der Waals surface area contributed by atoms with Crippen LogP contribution >= 0.6 is 11.6 Å². The molecule has 0 aliphatic heterocycles. The molecule has 116 valence electrons. The third-order valence-electron chi connectivity index (χ3n) is 2.87. The van der Waals surface area contributed by atoms with Gasteiger partial charge in [-0.15, -0.1) is 0 Å². The van der Waals surface area contributed by atoms with E-state index in [1.54, 1.807) is 24.3 Å². The Balaban J connectivity index is 1.88. The second-order valence-electron chi connectivity index (χ2n) is 4.53. The normalized spacial score (nSPS) is 11.8. The van der Waals surface area contributed by atoms with Gasteiger partial charge in [-0.3, -0.25) is 0 Å². The van der Waals surface area contributed by atoms with E-state index in [1.807, 2.05) is 0 Å². The summed E-state index contributed by atoms with van der Waals surface area (Å²) < 4.78 is 25.9. The number of carbonyl (C=O) groups is 1. The summed E-state index contributed by atoms with van der Waals surface area (Å²) in [7, 11) is 0. The number of benzene rings is 2. The first-order valence-corrected chi connectivity index (χ1v) is 6.77. The van der Waals surface area contributed by atoms with Gasteiger partial charge in [-0.2, -0.15) is 0 Å². The molecular formula is C15H13ClF2N2O2. The zero-order valence-corrected chi connectivity index (χ0v) is 12.1. The molecule has 0 saturated carbocycles. The molecule has 4 nitrogen and oxygen atoms in total. The van der Waals surface area contributed by atoms with Gasteiger partial charge in [0, 0.05) is 17.3 Å². The van der Waals surface area contributed by atoms with E-state index in [-0.39, 0.29) is 12.1 Å². The summed E-state index contributed by atoms with van der Waals surface area (Å²) in [5.74, 6) is -2.05. The van der Waals surface area contributed by atoms with Crippen molar-refractivity contribution in [3.8, 4) is 0 Å². The van der Waals surface area contributed by atoms with Gasteiger partial charge in [0.15, 0.2) is 11.6 Å². The zero-order valence-electron chi connectivity index (χ0n) is 11.3. The third kappa shape index (κ3) is 4.41. The number of nitrogens with one attached hydrogen (secondary N) is 2. The SMILES string of the molecule is O=C(NCC(O)c1ccc(F)c(F)c1)Nc1cccc(Cl)c1. The third-order valence-corrected chi connectivity index (χ3v) is 3.10. The Bertz CT molecular complexity index is 682. The lowest BCUT2D eigenvalue weighted by atomic mass is 10.1. The Morgan fingerprint density at radius 3 is 2.64 bits per heavy atom. The van der Waals surface area contributed by atoms with Gasteiger partial charge in [0.05, 0.1) is 6.10 Å². The van der Waals surface area contributed by atoms with Crippen molar-refractivity contribution < 1.29 is 18.7 Å². The predicted octanol–water partition coefficient (Wildman–Crippen LogP) is 3.47. The number of halogens is 3. The van der Waals surface area contributed by atoms with Gasteiger partial charge in [0.1, 0.15) is 0 Å². The maximum atomic E-state index is 13.1. The molecule has 22 heavy (non-hydrogen) atoms. The molecule has 2 aromatic rings. The minimum absolute atomic E-state index is 0.155. The van der Waals surface area contributed by atoms with Crippen LogP contribution in [-0.4, -0.2) is 17.7 Å². The van der Waals surface area contributed by atoms with Gasteiger partial charge in [-0.25, -0.2) is 13.6 Å². The van der Waals surface area contributed by atoms with Crippen molar-refractivity contribution in [2.45, 2.75) is 6.10 Å². The summed E-state index contributed by atoms with van der Waals surface area (Å²) in [5, 5.41) is 15.3. The van der Waals surface area contributed by atoms with E-state index in [0.717, 1.165) is 12.1 Å². The Hall–Kier alpha value is -2.18. The lowest BCUT2D eigenvalue weighted by molar-refractivity contribution is 0.174. The van der Waals surface area contributed by atoms with Crippen molar-refractivity contribution in [1.29, 1.82) is 0 Å². The molecule has 0 aliphatic rings. The van der Waals surface area contributed by atoms with E-state index < -0.39 is 23.8 Å². The minimum Gasteiger partial charge on any atom is -0.387 e. The second kappa shape index (κ2) is 7.20. The Labute approximate surface area is 130 Å². The van der Waals surface area contributed by atoms with Gasteiger partial charge >= 0.3 is 6.03 Å². The first-order chi connectivity index (χ1) is 10.5. The maximum Gasteiger partial charge on any atom is 0.319 e. The number of carbonyl (C=O) groups excluding carboxylic acids is 1. The van der Waals surface area contributed by atoms with Crippen molar-refractivity contribution in [3.63, 3.8) is 0 Å². The predicted molar refractivity (Wildman–Crippen MR) is 79.8 cm³/mol. The fourth-order valence-corrected chi connectivity index (χ4v) is 1.96. The van der Waals surface area contributed by atoms with Crippen LogP contribution in [0.3, 0.4) is 0 Å². The van der Waals surface area contributed by atoms with Crippen LogP contribution in [0, 0.1) is 11.6 Å². The van der Waals surface area contributed by atoms with E-state index in [1.165, 1.54) is 6.07 Å². The quantitative estimate of drug-likeness (QED) is 0.805. The van der Waals surface area contributed by atoms with Crippen LogP contribution in [0.15, 0.2) is 42.5 Å². The van der Waals surface area contributed by atoms with Crippen molar-refractivity contribution in [2.24, 2.45) is 0 Å². The molecule has 0 radical (unpaired) electrons. The summed E-state index contributed by atoms with van der Waals surface area (Å²) in [5.41, 5.74) is 0.661. The van der Waals surface area contributed by atoms with Gasteiger partial charge in [-0.1, -0.05) is 23.7 Å². The summed E-state index contributed by atoms with van der Waals surface area (Å²) in [6, 6.07) is 9.05. The Morgan fingerprint density at radius 2 is 1.95 bits per heavy atom. The van der Waals surface area contributed by atoms with Crippen LogP contribution in [0.5, 0.6) is 0 Å². The highest BCUT2D eigenvalue weighted by Crippen LogP contribution is 2.16. The highest BCUT2D eigenvalue weighted by molar-refractivity contribution is 6.30. The second-order valence-corrected chi connectivity index (χ2v) is 4.97. The van der Waals surface area contributed by atoms with Crippen LogP contribution in [0.1, 0.15) is 11.7 Å². The van der Waals surface area contributed by atoms with Crippen molar-refractivity contribution >= 4 is 23.3 Å². The topological polar surface area (TPSA) is 61.4 Å². The smallest absolute Gasteiger partial charge is 0.319 e. The fraction of sp³-hybridized carbons (Fsp3) is 0.133. The molecule has 0 fully saturated rings.